The SMILES string of the molecule is O=C(Nc1ccc(Cl)c(F)c1)c1ccnc(Cl)c1. The molecule has 0 atom stereocenters. The van der Waals surface area contributed by atoms with Gasteiger partial charge in [-0.3, -0.25) is 4.79 Å². The van der Waals surface area contributed by atoms with E-state index in [4.69, 9.17) is 23.2 Å². The quantitative estimate of drug-likeness (QED) is 0.853. The lowest BCUT2D eigenvalue weighted by Crippen LogP contribution is -2.12. The van der Waals surface area contributed by atoms with Crippen molar-refractivity contribution in [1.82, 2.24) is 4.98 Å². The number of amides is 1. The van der Waals surface area contributed by atoms with Gasteiger partial charge in [0.05, 0.1) is 5.02 Å². The van der Waals surface area contributed by atoms with Gasteiger partial charge in [-0.1, -0.05) is 23.2 Å². The smallest absolute Gasteiger partial charge is 0.255 e. The van der Waals surface area contributed by atoms with Crippen molar-refractivity contribution in [2.24, 2.45) is 0 Å². The van der Waals surface area contributed by atoms with E-state index < -0.39 is 11.7 Å². The Labute approximate surface area is 113 Å². The first-order chi connectivity index (χ1) is 8.56. The van der Waals surface area contributed by atoms with Crippen molar-refractivity contribution in [2.75, 3.05) is 5.32 Å². The Kier molecular flexibility index (Phi) is 3.79. The van der Waals surface area contributed by atoms with Gasteiger partial charge < -0.3 is 5.32 Å². The number of benzene rings is 1. The lowest BCUT2D eigenvalue weighted by atomic mass is 10.2. The topological polar surface area (TPSA) is 42.0 Å². The van der Waals surface area contributed by atoms with Gasteiger partial charge in [0.2, 0.25) is 0 Å². The van der Waals surface area contributed by atoms with Crippen molar-refractivity contribution in [2.45, 2.75) is 0 Å². The molecule has 6 heteroatoms. The first-order valence-electron chi connectivity index (χ1n) is 4.94. The number of nitrogens with zero attached hydrogens (tertiary/aromatic N) is 1. The fourth-order valence-corrected chi connectivity index (χ4v) is 1.61. The lowest BCUT2D eigenvalue weighted by Gasteiger charge is -2.05. The van der Waals surface area contributed by atoms with E-state index in [1.54, 1.807) is 0 Å². The third-order valence-electron chi connectivity index (χ3n) is 2.17. The van der Waals surface area contributed by atoms with Gasteiger partial charge in [-0.15, -0.1) is 0 Å². The first-order valence-corrected chi connectivity index (χ1v) is 5.70. The van der Waals surface area contributed by atoms with Crippen molar-refractivity contribution in [1.29, 1.82) is 0 Å². The average molecular weight is 285 g/mol. The van der Waals surface area contributed by atoms with Crippen LogP contribution in [-0.2, 0) is 0 Å². The molecule has 2 rings (SSSR count). The van der Waals surface area contributed by atoms with Crippen LogP contribution in [0.25, 0.3) is 0 Å². The Balaban J connectivity index is 2.18. The number of rotatable bonds is 2. The highest BCUT2D eigenvalue weighted by molar-refractivity contribution is 6.31. The van der Waals surface area contributed by atoms with Gasteiger partial charge in [-0.25, -0.2) is 9.37 Å². The minimum absolute atomic E-state index is 0.0000421. The molecule has 1 heterocycles. The molecular formula is C12H7Cl2FN2O. The molecule has 0 saturated carbocycles. The Morgan fingerprint density at radius 3 is 2.67 bits per heavy atom. The molecule has 0 aliphatic carbocycles. The number of aromatic nitrogens is 1. The molecule has 1 aromatic carbocycles. The fourth-order valence-electron chi connectivity index (χ4n) is 1.32. The minimum Gasteiger partial charge on any atom is -0.322 e. The standard InChI is InChI=1S/C12H7Cl2FN2O/c13-9-2-1-8(6-10(9)15)17-12(18)7-3-4-16-11(14)5-7/h1-6H,(H,17,18). The molecule has 1 aromatic heterocycles. The first kappa shape index (κ1) is 12.8. The number of carbonyl (C=O) groups excluding carboxylic acids is 1. The Bertz CT molecular complexity index is 604. The van der Waals surface area contributed by atoms with Crippen molar-refractivity contribution >= 4 is 34.8 Å². The molecule has 0 radical (unpaired) electrons. The van der Waals surface area contributed by atoms with E-state index in [1.165, 1.54) is 30.5 Å². The summed E-state index contributed by atoms with van der Waals surface area (Å²) in [6.45, 7) is 0. The van der Waals surface area contributed by atoms with Crippen molar-refractivity contribution in [3.8, 4) is 0 Å². The molecule has 0 saturated heterocycles. The molecule has 0 fully saturated rings. The summed E-state index contributed by atoms with van der Waals surface area (Å²) in [4.78, 5) is 15.6. The van der Waals surface area contributed by atoms with Gasteiger partial charge in [0.15, 0.2) is 0 Å². The van der Waals surface area contributed by atoms with Crippen LogP contribution >= 0.6 is 23.2 Å². The van der Waals surface area contributed by atoms with Crippen molar-refractivity contribution in [3.63, 3.8) is 0 Å². The van der Waals surface area contributed by atoms with Gasteiger partial charge in [-0.05, 0) is 30.3 Å². The highest BCUT2D eigenvalue weighted by atomic mass is 35.5. The maximum Gasteiger partial charge on any atom is 0.255 e. The highest BCUT2D eigenvalue weighted by Crippen LogP contribution is 2.19. The number of halogens is 3. The number of hydrogen-bond acceptors (Lipinski definition) is 2. The zero-order valence-corrected chi connectivity index (χ0v) is 10.5. The summed E-state index contributed by atoms with van der Waals surface area (Å²) < 4.78 is 13.2. The molecule has 0 spiro atoms. The Morgan fingerprint density at radius 2 is 2.00 bits per heavy atom. The maximum absolute atomic E-state index is 13.2. The molecule has 18 heavy (non-hydrogen) atoms. The van der Waals surface area contributed by atoms with Crippen LogP contribution in [0.15, 0.2) is 36.5 Å². The number of anilines is 1. The molecule has 92 valence electrons. The number of carbonyl (C=O) groups is 1. The van der Waals surface area contributed by atoms with E-state index in [1.807, 2.05) is 0 Å². The van der Waals surface area contributed by atoms with Gasteiger partial charge in [-0.2, -0.15) is 0 Å². The van der Waals surface area contributed by atoms with Crippen LogP contribution in [0.3, 0.4) is 0 Å². The van der Waals surface area contributed by atoms with E-state index in [0.717, 1.165) is 6.07 Å². The molecule has 3 nitrogen and oxygen atoms in total. The summed E-state index contributed by atoms with van der Waals surface area (Å²) >= 11 is 11.2. The van der Waals surface area contributed by atoms with Gasteiger partial charge in [0.25, 0.3) is 5.91 Å². The van der Waals surface area contributed by atoms with Crippen LogP contribution in [0.5, 0.6) is 0 Å². The molecule has 1 N–H and O–H groups in total. The molecule has 0 aliphatic heterocycles. The van der Waals surface area contributed by atoms with Crippen molar-refractivity contribution < 1.29 is 9.18 Å². The van der Waals surface area contributed by atoms with Gasteiger partial charge >= 0.3 is 0 Å². The van der Waals surface area contributed by atoms with Crippen LogP contribution in [0, 0.1) is 5.82 Å². The molecule has 0 aliphatic rings. The summed E-state index contributed by atoms with van der Waals surface area (Å²) in [7, 11) is 0. The van der Waals surface area contributed by atoms with E-state index in [-0.39, 0.29) is 10.2 Å². The van der Waals surface area contributed by atoms with Gasteiger partial charge in [0, 0.05) is 17.4 Å². The Hall–Kier alpha value is -1.65. The van der Waals surface area contributed by atoms with Crippen LogP contribution in [0.1, 0.15) is 10.4 Å². The third kappa shape index (κ3) is 2.97. The van der Waals surface area contributed by atoms with Crippen molar-refractivity contribution in [3.05, 3.63) is 58.1 Å². The molecular weight excluding hydrogens is 278 g/mol. The number of hydrogen-bond donors (Lipinski definition) is 1. The fraction of sp³-hybridized carbons (Fsp3) is 0. The van der Waals surface area contributed by atoms with E-state index in [0.29, 0.717) is 11.3 Å². The van der Waals surface area contributed by atoms with Crippen LogP contribution in [0.2, 0.25) is 10.2 Å². The van der Waals surface area contributed by atoms with E-state index in [9.17, 15) is 9.18 Å². The molecule has 0 unspecified atom stereocenters. The second-order valence-corrected chi connectivity index (χ2v) is 4.24. The summed E-state index contributed by atoms with van der Waals surface area (Å²) in [6.07, 6.45) is 1.42. The second kappa shape index (κ2) is 5.33. The minimum atomic E-state index is -0.595. The zero-order chi connectivity index (χ0) is 13.1. The van der Waals surface area contributed by atoms with Crippen LogP contribution < -0.4 is 5.32 Å². The highest BCUT2D eigenvalue weighted by Gasteiger charge is 2.08. The molecule has 0 bridgehead atoms. The third-order valence-corrected chi connectivity index (χ3v) is 2.68. The van der Waals surface area contributed by atoms with Gasteiger partial charge in [0.1, 0.15) is 11.0 Å². The number of pyridine rings is 1. The molecule has 2 aromatic rings. The maximum atomic E-state index is 13.2. The normalized spacial score (nSPS) is 10.2. The summed E-state index contributed by atoms with van der Waals surface area (Å²) in [5.41, 5.74) is 0.653. The van der Waals surface area contributed by atoms with Crippen LogP contribution in [-0.4, -0.2) is 10.9 Å². The van der Waals surface area contributed by atoms with E-state index >= 15 is 0 Å². The largest absolute Gasteiger partial charge is 0.322 e. The Morgan fingerprint density at radius 1 is 1.22 bits per heavy atom. The predicted molar refractivity (Wildman–Crippen MR) is 68.6 cm³/mol. The van der Waals surface area contributed by atoms with E-state index in [2.05, 4.69) is 10.3 Å². The monoisotopic (exact) mass is 284 g/mol. The van der Waals surface area contributed by atoms with Crippen LogP contribution in [0.4, 0.5) is 10.1 Å². The zero-order valence-electron chi connectivity index (χ0n) is 8.95. The summed E-state index contributed by atoms with van der Waals surface area (Å²) in [5, 5.41) is 2.74. The molecule has 1 amide bonds. The predicted octanol–water partition coefficient (Wildman–Crippen LogP) is 3.78. The second-order valence-electron chi connectivity index (χ2n) is 3.45. The summed E-state index contributed by atoms with van der Waals surface area (Å²) in [5.74, 6) is -0.997. The average Bonchev–Trinajstić information content (AvgIpc) is 2.34. The summed E-state index contributed by atoms with van der Waals surface area (Å²) in [6, 6.07) is 6.94. The number of nitrogens with one attached hydrogen (secondary N) is 1. The lowest BCUT2D eigenvalue weighted by molar-refractivity contribution is 0.102.